The molecule has 2 aromatic rings. The van der Waals surface area contributed by atoms with Crippen molar-refractivity contribution >= 4 is 0 Å². The van der Waals surface area contributed by atoms with Crippen molar-refractivity contribution < 1.29 is 0 Å². The summed E-state index contributed by atoms with van der Waals surface area (Å²) in [4.78, 5) is 2.61. The van der Waals surface area contributed by atoms with E-state index in [2.05, 4.69) is 28.3 Å². The molecule has 4 heteroatoms. The van der Waals surface area contributed by atoms with Gasteiger partial charge in [0.15, 0.2) is 0 Å². The third-order valence-corrected chi connectivity index (χ3v) is 4.70. The van der Waals surface area contributed by atoms with E-state index in [1.165, 1.54) is 31.4 Å². The van der Waals surface area contributed by atoms with E-state index >= 15 is 0 Å². The van der Waals surface area contributed by atoms with E-state index in [0.29, 0.717) is 6.04 Å². The first-order chi connectivity index (χ1) is 10.3. The standard InChI is InChI=1S/C17H22N4/c18-16-7-4-10-20(14-8-9-14)17(16)13-11-19-21(12-13)15-5-2-1-3-6-15/h1-3,5-6,11-12,14,16-17H,4,7-10,18H2. The average molecular weight is 282 g/mol. The largest absolute Gasteiger partial charge is 0.326 e. The van der Waals surface area contributed by atoms with Crippen LogP contribution < -0.4 is 5.73 Å². The number of hydrogen-bond acceptors (Lipinski definition) is 3. The van der Waals surface area contributed by atoms with E-state index in [9.17, 15) is 0 Å². The number of aromatic nitrogens is 2. The van der Waals surface area contributed by atoms with Gasteiger partial charge in [-0.25, -0.2) is 4.68 Å². The molecule has 2 atom stereocenters. The fourth-order valence-corrected chi connectivity index (χ4v) is 3.52. The van der Waals surface area contributed by atoms with E-state index in [4.69, 9.17) is 5.73 Å². The topological polar surface area (TPSA) is 47.1 Å². The van der Waals surface area contributed by atoms with Crippen molar-refractivity contribution in [2.75, 3.05) is 6.54 Å². The Morgan fingerprint density at radius 3 is 2.67 bits per heavy atom. The molecule has 1 aliphatic carbocycles. The Morgan fingerprint density at radius 2 is 1.90 bits per heavy atom. The van der Waals surface area contributed by atoms with Gasteiger partial charge in [0.1, 0.15) is 0 Å². The number of para-hydroxylation sites is 1. The Balaban J connectivity index is 1.64. The van der Waals surface area contributed by atoms with Crippen LogP contribution in [-0.4, -0.2) is 33.3 Å². The van der Waals surface area contributed by atoms with Crippen LogP contribution in [0.15, 0.2) is 42.7 Å². The third-order valence-electron chi connectivity index (χ3n) is 4.70. The molecular weight excluding hydrogens is 260 g/mol. The van der Waals surface area contributed by atoms with Crippen LogP contribution in [0, 0.1) is 0 Å². The van der Waals surface area contributed by atoms with Crippen molar-refractivity contribution in [2.24, 2.45) is 5.73 Å². The molecule has 0 spiro atoms. The number of likely N-dealkylation sites (tertiary alicyclic amines) is 1. The number of piperidine rings is 1. The molecule has 0 bridgehead atoms. The highest BCUT2D eigenvalue weighted by Gasteiger charge is 2.39. The third kappa shape index (κ3) is 2.49. The zero-order chi connectivity index (χ0) is 14.2. The molecule has 2 aliphatic rings. The van der Waals surface area contributed by atoms with Crippen LogP contribution in [0.3, 0.4) is 0 Å². The van der Waals surface area contributed by atoms with Gasteiger partial charge in [-0.05, 0) is 44.4 Å². The van der Waals surface area contributed by atoms with Crippen LogP contribution in [0.1, 0.15) is 37.3 Å². The zero-order valence-corrected chi connectivity index (χ0v) is 12.2. The van der Waals surface area contributed by atoms with Crippen molar-refractivity contribution in [3.63, 3.8) is 0 Å². The van der Waals surface area contributed by atoms with E-state index in [1.807, 2.05) is 29.1 Å². The molecular formula is C17H22N4. The molecule has 1 saturated heterocycles. The zero-order valence-electron chi connectivity index (χ0n) is 12.2. The maximum absolute atomic E-state index is 6.44. The summed E-state index contributed by atoms with van der Waals surface area (Å²) < 4.78 is 1.96. The Morgan fingerprint density at radius 1 is 1.10 bits per heavy atom. The number of hydrogen-bond donors (Lipinski definition) is 1. The first-order valence-corrected chi connectivity index (χ1v) is 7.94. The summed E-state index contributed by atoms with van der Waals surface area (Å²) in [6.45, 7) is 1.18. The molecule has 1 aliphatic heterocycles. The van der Waals surface area contributed by atoms with Gasteiger partial charge in [0, 0.05) is 23.8 Å². The maximum atomic E-state index is 6.44. The van der Waals surface area contributed by atoms with Crippen LogP contribution in [-0.2, 0) is 0 Å². The molecule has 4 nitrogen and oxygen atoms in total. The summed E-state index contributed by atoms with van der Waals surface area (Å²) in [6, 6.07) is 11.6. The van der Waals surface area contributed by atoms with Gasteiger partial charge in [-0.1, -0.05) is 18.2 Å². The number of nitrogens with zero attached hydrogens (tertiary/aromatic N) is 3. The van der Waals surface area contributed by atoms with Crippen molar-refractivity contribution in [3.8, 4) is 5.69 Å². The lowest BCUT2D eigenvalue weighted by Gasteiger charge is -2.39. The summed E-state index contributed by atoms with van der Waals surface area (Å²) >= 11 is 0. The van der Waals surface area contributed by atoms with Gasteiger partial charge >= 0.3 is 0 Å². The minimum atomic E-state index is 0.229. The van der Waals surface area contributed by atoms with E-state index in [-0.39, 0.29) is 6.04 Å². The molecule has 1 aromatic heterocycles. The van der Waals surface area contributed by atoms with Crippen molar-refractivity contribution in [1.82, 2.24) is 14.7 Å². The average Bonchev–Trinajstić information content (AvgIpc) is 3.26. The second-order valence-corrected chi connectivity index (χ2v) is 6.27. The van der Waals surface area contributed by atoms with Crippen molar-refractivity contribution in [1.29, 1.82) is 0 Å². The summed E-state index contributed by atoms with van der Waals surface area (Å²) in [5, 5.41) is 4.54. The van der Waals surface area contributed by atoms with Gasteiger partial charge in [0.2, 0.25) is 0 Å². The Bertz CT molecular complexity index is 602. The molecule has 2 fully saturated rings. The van der Waals surface area contributed by atoms with Gasteiger partial charge < -0.3 is 5.73 Å². The van der Waals surface area contributed by atoms with Gasteiger partial charge in [-0.2, -0.15) is 5.10 Å². The molecule has 2 heterocycles. The maximum Gasteiger partial charge on any atom is 0.0645 e. The molecule has 1 aromatic carbocycles. The van der Waals surface area contributed by atoms with E-state index < -0.39 is 0 Å². The van der Waals surface area contributed by atoms with Crippen LogP contribution in [0.2, 0.25) is 0 Å². The van der Waals surface area contributed by atoms with Crippen LogP contribution in [0.25, 0.3) is 5.69 Å². The van der Waals surface area contributed by atoms with Gasteiger partial charge in [0.25, 0.3) is 0 Å². The fraction of sp³-hybridized carbons (Fsp3) is 0.471. The lowest BCUT2D eigenvalue weighted by Crippen LogP contribution is -2.46. The predicted octanol–water partition coefficient (Wildman–Crippen LogP) is 2.50. The molecule has 1 saturated carbocycles. The molecule has 2 N–H and O–H groups in total. The highest BCUT2D eigenvalue weighted by molar-refractivity contribution is 5.31. The predicted molar refractivity (Wildman–Crippen MR) is 83.2 cm³/mol. The Labute approximate surface area is 125 Å². The lowest BCUT2D eigenvalue weighted by atomic mass is 9.92. The lowest BCUT2D eigenvalue weighted by molar-refractivity contribution is 0.120. The van der Waals surface area contributed by atoms with E-state index in [0.717, 1.165) is 18.2 Å². The smallest absolute Gasteiger partial charge is 0.0645 e. The van der Waals surface area contributed by atoms with Crippen molar-refractivity contribution in [3.05, 3.63) is 48.3 Å². The molecule has 4 rings (SSSR count). The second kappa shape index (κ2) is 5.28. The van der Waals surface area contributed by atoms with Crippen molar-refractivity contribution in [2.45, 2.75) is 43.8 Å². The van der Waals surface area contributed by atoms with Gasteiger partial charge in [0.05, 0.1) is 17.9 Å². The second-order valence-electron chi connectivity index (χ2n) is 6.27. The van der Waals surface area contributed by atoms with Gasteiger partial charge in [-0.15, -0.1) is 0 Å². The van der Waals surface area contributed by atoms with Crippen LogP contribution in [0.4, 0.5) is 0 Å². The highest BCUT2D eigenvalue weighted by Crippen LogP contribution is 2.39. The SMILES string of the molecule is NC1CCCN(C2CC2)C1c1cnn(-c2ccccc2)c1. The quantitative estimate of drug-likeness (QED) is 0.941. The normalized spacial score (nSPS) is 26.9. The minimum absolute atomic E-state index is 0.229. The van der Waals surface area contributed by atoms with Crippen LogP contribution in [0.5, 0.6) is 0 Å². The monoisotopic (exact) mass is 282 g/mol. The minimum Gasteiger partial charge on any atom is -0.326 e. The fourth-order valence-electron chi connectivity index (χ4n) is 3.52. The first-order valence-electron chi connectivity index (χ1n) is 7.94. The summed E-state index contributed by atoms with van der Waals surface area (Å²) in [5.41, 5.74) is 8.80. The number of benzene rings is 1. The van der Waals surface area contributed by atoms with Gasteiger partial charge in [-0.3, -0.25) is 4.90 Å². The number of rotatable bonds is 3. The van der Waals surface area contributed by atoms with Crippen LogP contribution >= 0.6 is 0 Å². The first kappa shape index (κ1) is 13.0. The Hall–Kier alpha value is -1.65. The molecule has 21 heavy (non-hydrogen) atoms. The summed E-state index contributed by atoms with van der Waals surface area (Å²) in [5.74, 6) is 0. The number of nitrogens with two attached hydrogens (primary N) is 1. The van der Waals surface area contributed by atoms with E-state index in [1.54, 1.807) is 0 Å². The molecule has 0 radical (unpaired) electrons. The molecule has 0 amide bonds. The molecule has 110 valence electrons. The summed E-state index contributed by atoms with van der Waals surface area (Å²) in [6.07, 6.45) is 9.15. The molecule has 2 unspecified atom stereocenters. The Kier molecular flexibility index (Phi) is 3.28. The highest BCUT2D eigenvalue weighted by atomic mass is 15.3. The summed E-state index contributed by atoms with van der Waals surface area (Å²) in [7, 11) is 0.